The van der Waals surface area contributed by atoms with Crippen LogP contribution in [-0.4, -0.2) is 52.8 Å². The molecule has 0 aliphatic carbocycles. The lowest BCUT2D eigenvalue weighted by Crippen LogP contribution is -2.29. The molecule has 0 unspecified atom stereocenters. The molecular weight excluding hydrogens is 1130 g/mol. The van der Waals surface area contributed by atoms with Crippen LogP contribution < -0.4 is 21.6 Å². The summed E-state index contributed by atoms with van der Waals surface area (Å²) in [5.41, 5.74) is 3.02. The van der Waals surface area contributed by atoms with Crippen LogP contribution in [0.4, 0.5) is 70.2 Å². The van der Waals surface area contributed by atoms with Gasteiger partial charge in [0.15, 0.2) is 0 Å². The van der Waals surface area contributed by atoms with Gasteiger partial charge < -0.3 is 15.5 Å². The molecule has 0 saturated carbocycles. The summed E-state index contributed by atoms with van der Waals surface area (Å²) in [5, 5.41) is 14.9. The van der Waals surface area contributed by atoms with E-state index in [1.807, 2.05) is 13.8 Å². The van der Waals surface area contributed by atoms with Gasteiger partial charge in [0.2, 0.25) is 0 Å². The number of hydrogen-bond acceptors (Lipinski definition) is 7. The van der Waals surface area contributed by atoms with E-state index in [4.69, 9.17) is 0 Å². The molecule has 0 fully saturated rings. The van der Waals surface area contributed by atoms with Gasteiger partial charge in [-0.2, -0.15) is 62.9 Å². The number of allylic oxidation sites excluding steroid dienone is 11. The Morgan fingerprint density at radius 2 is 0.976 bits per heavy atom. The fraction of sp³-hybridized carbons (Fsp3) is 0.441. The average Bonchev–Trinajstić information content (AvgIpc) is 3.44. The second kappa shape index (κ2) is 31.0. The van der Waals surface area contributed by atoms with Crippen molar-refractivity contribution in [3.8, 4) is 0 Å². The van der Waals surface area contributed by atoms with Crippen molar-refractivity contribution in [3.05, 3.63) is 194 Å². The zero-order chi connectivity index (χ0) is 64.6. The van der Waals surface area contributed by atoms with E-state index in [-0.39, 0.29) is 75.0 Å². The first-order valence-corrected chi connectivity index (χ1v) is 25.6. The normalized spacial score (nSPS) is 15.8. The van der Waals surface area contributed by atoms with E-state index in [2.05, 4.69) is 57.7 Å². The summed E-state index contributed by atoms with van der Waals surface area (Å²) in [6.07, 6.45) is -13.3. The van der Waals surface area contributed by atoms with Crippen molar-refractivity contribution in [3.63, 3.8) is 0 Å². The third-order valence-corrected chi connectivity index (χ3v) is 11.8. The Morgan fingerprint density at radius 3 is 1.40 bits per heavy atom. The maximum Gasteiger partial charge on any atom is 0.418 e. The maximum atomic E-state index is 12.7. The number of aromatic amines is 1. The first kappa shape index (κ1) is 74.0. The Hall–Kier alpha value is -7.01. The number of nitrogens with zero attached hydrogens (tertiary/aromatic N) is 3. The molecule has 4 aliphatic heterocycles. The van der Waals surface area contributed by atoms with E-state index in [0.717, 1.165) is 24.3 Å². The lowest BCUT2D eigenvalue weighted by atomic mass is 9.92. The minimum absolute atomic E-state index is 0.0184. The first-order valence-electron chi connectivity index (χ1n) is 25.6. The van der Waals surface area contributed by atoms with Crippen molar-refractivity contribution in [2.75, 3.05) is 7.05 Å². The minimum Gasteiger partial charge on any atom is -0.362 e. The molecule has 1 aromatic carbocycles. The molecule has 0 atom stereocenters. The number of rotatable bonds is 8. The molecule has 4 aliphatic rings. The van der Waals surface area contributed by atoms with Gasteiger partial charge in [-0.15, -0.1) is 0 Å². The van der Waals surface area contributed by atoms with Crippen LogP contribution >= 0.6 is 0 Å². The quantitative estimate of drug-likeness (QED) is 0.197. The molecule has 462 valence electrons. The number of dihydropyridines is 2. The molecule has 4 N–H and O–H groups in total. The number of aryl methyl sites for hydroxylation is 1. The van der Waals surface area contributed by atoms with Crippen molar-refractivity contribution < 1.29 is 70.2 Å². The van der Waals surface area contributed by atoms with Crippen molar-refractivity contribution >= 4 is 5.71 Å². The molecule has 0 bridgehead atoms. The highest BCUT2D eigenvalue weighted by Crippen LogP contribution is 2.40. The third kappa shape index (κ3) is 23.6. The van der Waals surface area contributed by atoms with Gasteiger partial charge in [-0.3, -0.25) is 10.2 Å². The van der Waals surface area contributed by atoms with E-state index in [0.29, 0.717) is 33.7 Å². The largest absolute Gasteiger partial charge is 0.418 e. The van der Waals surface area contributed by atoms with Gasteiger partial charge in [-0.05, 0) is 95.1 Å². The number of alkyl halides is 16. The van der Waals surface area contributed by atoms with Gasteiger partial charge >= 0.3 is 24.7 Å². The molecule has 24 heteroatoms. The van der Waals surface area contributed by atoms with Crippen LogP contribution in [-0.2, 0) is 6.18 Å². The number of nitrogens with one attached hydrogen (secondary N) is 4. The number of likely N-dealkylation sites (N-methyl/N-ethyl adjacent to an activating group) is 1. The molecule has 0 radical (unpaired) electrons. The molecule has 0 amide bonds. The van der Waals surface area contributed by atoms with Crippen molar-refractivity contribution in [2.45, 2.75) is 139 Å². The molecule has 2 aromatic rings. The van der Waals surface area contributed by atoms with Crippen LogP contribution in [0.2, 0.25) is 0 Å². The minimum atomic E-state index is -4.37. The fourth-order valence-corrected chi connectivity index (χ4v) is 7.57. The van der Waals surface area contributed by atoms with Crippen LogP contribution in [0.15, 0.2) is 165 Å². The summed E-state index contributed by atoms with van der Waals surface area (Å²) in [6, 6.07) is 5.37. The van der Waals surface area contributed by atoms with Gasteiger partial charge in [0.1, 0.15) is 0 Å². The molecule has 83 heavy (non-hydrogen) atoms. The van der Waals surface area contributed by atoms with Crippen LogP contribution in [0.5, 0.6) is 0 Å². The highest BCUT2D eigenvalue weighted by Gasteiger charge is 2.41. The van der Waals surface area contributed by atoms with Crippen molar-refractivity contribution in [1.82, 2.24) is 31.2 Å². The van der Waals surface area contributed by atoms with Gasteiger partial charge in [-0.1, -0.05) is 127 Å². The Labute approximate surface area is 474 Å². The Balaban J connectivity index is 0.000000498. The van der Waals surface area contributed by atoms with Crippen LogP contribution in [0.1, 0.15) is 129 Å². The predicted octanol–water partition coefficient (Wildman–Crippen LogP) is 18.0. The lowest BCUT2D eigenvalue weighted by Gasteiger charge is -2.28. The Morgan fingerprint density at radius 1 is 0.506 bits per heavy atom. The van der Waals surface area contributed by atoms with E-state index < -0.39 is 65.4 Å². The summed E-state index contributed by atoms with van der Waals surface area (Å²) in [4.78, 5) is 12.3. The molecule has 6 rings (SSSR count). The maximum absolute atomic E-state index is 12.7. The average molecular weight is 1200 g/mol. The lowest BCUT2D eigenvalue weighted by molar-refractivity contribution is -0.138. The summed E-state index contributed by atoms with van der Waals surface area (Å²) in [6.45, 7) is 36.7. The van der Waals surface area contributed by atoms with Gasteiger partial charge in [0.25, 0.3) is 18.4 Å². The van der Waals surface area contributed by atoms with E-state index in [9.17, 15) is 75.0 Å². The van der Waals surface area contributed by atoms with Crippen LogP contribution in [0.25, 0.3) is 0 Å². The highest BCUT2D eigenvalue weighted by molar-refractivity contribution is 6.03. The standard InChI is InChI=1S/C11H14F3N.C11H13F3.C10H12F3N.C10H13F2N.C9H11F3N2.C8H10F2N2O/c1-7(2)9-6-15(4)8(3)5-10(9)11(12,13)14;1-7(2)9-5-4-8(3)6-10(9)11(12,13)14;1-6(2)8-5-14-7(3)4-9(8)10(11,12)13;1-6(2)9-5-13-7(3)4-8(9)10(11)12;1-5(2)8-7(9(10,11)12)4-6(3)13-14-8;1-4(2)7-5(8(9)10)3-6(13)11-12-7/h5-7H,3H2,1-2,4H3;4-7H,1-3H3;4-6,14H,3H2,1-2H3;4-6,10,13H,3H2,1-2H3;4-5,13H,3H2,1-2H3;3-4,8H,1-2H3,(H,11,13). The van der Waals surface area contributed by atoms with E-state index in [1.54, 1.807) is 106 Å². The fourth-order valence-electron chi connectivity index (χ4n) is 7.57. The molecule has 5 heterocycles. The van der Waals surface area contributed by atoms with Gasteiger partial charge in [0.05, 0.1) is 33.7 Å². The van der Waals surface area contributed by atoms with Crippen molar-refractivity contribution in [2.24, 2.45) is 28.8 Å². The number of H-pyrrole nitrogens is 1. The summed E-state index contributed by atoms with van der Waals surface area (Å²) < 4.78 is 201. The third-order valence-electron chi connectivity index (χ3n) is 11.8. The Bertz CT molecular complexity index is 2850. The molecule has 8 nitrogen and oxygen atoms in total. The zero-order valence-corrected chi connectivity index (χ0v) is 48.6. The number of benzene rings is 1. The van der Waals surface area contributed by atoms with E-state index >= 15 is 0 Å². The smallest absolute Gasteiger partial charge is 0.362 e. The molecule has 0 saturated heterocycles. The number of hydrazone groups is 1. The predicted molar refractivity (Wildman–Crippen MR) is 295 cm³/mol. The van der Waals surface area contributed by atoms with Crippen LogP contribution in [0, 0.1) is 30.6 Å². The summed E-state index contributed by atoms with van der Waals surface area (Å²) >= 11 is 0. The zero-order valence-electron chi connectivity index (χ0n) is 48.6. The molecule has 1 aromatic heterocycles. The highest BCUT2D eigenvalue weighted by atomic mass is 19.4. The summed E-state index contributed by atoms with van der Waals surface area (Å²) in [5.74, 6) is -0.728. The number of halogens is 16. The number of hydrogen-bond donors (Lipinski definition) is 4. The van der Waals surface area contributed by atoms with E-state index in [1.165, 1.54) is 24.5 Å². The van der Waals surface area contributed by atoms with Crippen LogP contribution in [0.3, 0.4) is 0 Å². The SMILES string of the molecule is C=C1C=C(C(F)(F)F)C(C(C)C)=CN1.C=C1C=C(C(F)(F)F)C(C(C)C)=CN1C.C=C1C=C(C(F)(F)F)C(C(C)C)=NN1.C=C1C=C(C(F)F)C(C(C)C)=CN1.CC(C)c1n[nH]c(=O)cc1C(F)F.Cc1ccc(C(C)C)c(C(F)(F)F)c1. The number of aromatic nitrogens is 2. The second-order valence-corrected chi connectivity index (χ2v) is 20.8. The molecule has 0 spiro atoms. The van der Waals surface area contributed by atoms with Gasteiger partial charge in [0, 0.05) is 65.6 Å². The molecular formula is C59H73F16N7O. The Kier molecular flexibility index (Phi) is 27.7. The monoisotopic (exact) mass is 1200 g/mol. The second-order valence-electron chi connectivity index (χ2n) is 20.8. The van der Waals surface area contributed by atoms with Gasteiger partial charge in [-0.25, -0.2) is 22.7 Å². The first-order chi connectivity index (χ1) is 37.7. The topological polar surface area (TPSA) is 97.4 Å². The summed E-state index contributed by atoms with van der Waals surface area (Å²) in [7, 11) is 1.69. The van der Waals surface area contributed by atoms with Crippen molar-refractivity contribution in [1.29, 1.82) is 0 Å².